The molecule has 1 atom stereocenters. The molecule has 1 unspecified atom stereocenters. The first kappa shape index (κ1) is 11.5. The molecule has 0 amide bonds. The highest BCUT2D eigenvalue weighted by Gasteiger charge is 2.23. The van der Waals surface area contributed by atoms with Crippen molar-refractivity contribution in [1.82, 2.24) is 4.90 Å². The maximum atomic E-state index is 13.4. The third kappa shape index (κ3) is 2.39. The van der Waals surface area contributed by atoms with E-state index in [9.17, 15) is 8.78 Å². The Bertz CT molecular complexity index is 350. The highest BCUT2D eigenvalue weighted by Crippen LogP contribution is 2.20. The van der Waals surface area contributed by atoms with Crippen LogP contribution in [0.15, 0.2) is 18.2 Å². The number of benzene rings is 1. The molecule has 1 aromatic rings. The average Bonchev–Trinajstić information content (AvgIpc) is 2.71. The van der Waals surface area contributed by atoms with Gasteiger partial charge in [0, 0.05) is 25.3 Å². The highest BCUT2D eigenvalue weighted by molar-refractivity contribution is 5.19. The maximum Gasteiger partial charge on any atom is 0.130 e. The molecule has 2 rings (SSSR count). The largest absolute Gasteiger partial charge is 0.396 e. The third-order valence-electron chi connectivity index (χ3n) is 3.07. The maximum absolute atomic E-state index is 13.4. The molecule has 1 fully saturated rings. The number of aliphatic hydroxyl groups excluding tert-OH is 1. The lowest BCUT2D eigenvalue weighted by atomic mass is 10.1. The van der Waals surface area contributed by atoms with E-state index in [-0.39, 0.29) is 24.6 Å². The van der Waals surface area contributed by atoms with Crippen molar-refractivity contribution in [3.05, 3.63) is 35.4 Å². The van der Waals surface area contributed by atoms with E-state index in [1.807, 2.05) is 4.90 Å². The van der Waals surface area contributed by atoms with Gasteiger partial charge in [0.2, 0.25) is 0 Å². The zero-order chi connectivity index (χ0) is 11.5. The fourth-order valence-electron chi connectivity index (χ4n) is 2.11. The van der Waals surface area contributed by atoms with Gasteiger partial charge in [-0.1, -0.05) is 6.07 Å². The molecule has 1 saturated heterocycles. The Labute approximate surface area is 93.5 Å². The lowest BCUT2D eigenvalue weighted by Crippen LogP contribution is -2.22. The summed E-state index contributed by atoms with van der Waals surface area (Å²) in [6, 6.07) is 3.92. The van der Waals surface area contributed by atoms with Gasteiger partial charge < -0.3 is 5.11 Å². The van der Waals surface area contributed by atoms with Gasteiger partial charge in [-0.25, -0.2) is 8.78 Å². The fourth-order valence-corrected chi connectivity index (χ4v) is 2.11. The van der Waals surface area contributed by atoms with E-state index in [1.165, 1.54) is 18.2 Å². The van der Waals surface area contributed by atoms with Crippen molar-refractivity contribution in [1.29, 1.82) is 0 Å². The van der Waals surface area contributed by atoms with Crippen LogP contribution in [0.25, 0.3) is 0 Å². The second-order valence-corrected chi connectivity index (χ2v) is 4.27. The molecule has 0 radical (unpaired) electrons. The van der Waals surface area contributed by atoms with Gasteiger partial charge in [0.05, 0.1) is 0 Å². The van der Waals surface area contributed by atoms with Crippen molar-refractivity contribution in [2.24, 2.45) is 5.92 Å². The molecule has 1 heterocycles. The molecule has 0 bridgehead atoms. The van der Waals surface area contributed by atoms with Crippen molar-refractivity contribution < 1.29 is 13.9 Å². The number of hydrogen-bond donors (Lipinski definition) is 1. The van der Waals surface area contributed by atoms with Crippen LogP contribution in [-0.2, 0) is 6.54 Å². The molecule has 2 nitrogen and oxygen atoms in total. The number of halogens is 2. The molecule has 88 valence electrons. The quantitative estimate of drug-likeness (QED) is 0.850. The second kappa shape index (κ2) is 4.89. The summed E-state index contributed by atoms with van der Waals surface area (Å²) in [7, 11) is 0. The van der Waals surface area contributed by atoms with Crippen LogP contribution in [0.3, 0.4) is 0 Å². The monoisotopic (exact) mass is 227 g/mol. The first-order valence-corrected chi connectivity index (χ1v) is 5.47. The van der Waals surface area contributed by atoms with Crippen molar-refractivity contribution in [2.75, 3.05) is 19.7 Å². The van der Waals surface area contributed by atoms with Gasteiger partial charge >= 0.3 is 0 Å². The zero-order valence-electron chi connectivity index (χ0n) is 9.00. The van der Waals surface area contributed by atoms with Crippen LogP contribution in [0.4, 0.5) is 8.78 Å². The summed E-state index contributed by atoms with van der Waals surface area (Å²) in [5, 5.41) is 8.98. The summed E-state index contributed by atoms with van der Waals surface area (Å²) in [5.41, 5.74) is 0.126. The van der Waals surface area contributed by atoms with Crippen LogP contribution >= 0.6 is 0 Å². The van der Waals surface area contributed by atoms with Crippen LogP contribution in [0.2, 0.25) is 0 Å². The van der Waals surface area contributed by atoms with Crippen LogP contribution in [0, 0.1) is 17.6 Å². The van der Waals surface area contributed by atoms with E-state index in [0.29, 0.717) is 6.54 Å². The van der Waals surface area contributed by atoms with E-state index in [0.717, 1.165) is 13.0 Å². The highest BCUT2D eigenvalue weighted by atomic mass is 19.1. The fraction of sp³-hybridized carbons (Fsp3) is 0.500. The molecule has 1 N–H and O–H groups in total. The van der Waals surface area contributed by atoms with Crippen molar-refractivity contribution >= 4 is 0 Å². The first-order chi connectivity index (χ1) is 7.70. The van der Waals surface area contributed by atoms with E-state index in [2.05, 4.69) is 0 Å². The molecule has 0 aromatic heterocycles. The Hall–Kier alpha value is -1.00. The summed E-state index contributed by atoms with van der Waals surface area (Å²) < 4.78 is 26.7. The summed E-state index contributed by atoms with van der Waals surface area (Å²) >= 11 is 0. The van der Waals surface area contributed by atoms with E-state index in [1.54, 1.807) is 0 Å². The van der Waals surface area contributed by atoms with Gasteiger partial charge in [-0.05, 0) is 31.0 Å². The minimum Gasteiger partial charge on any atom is -0.396 e. The molecule has 0 aliphatic carbocycles. The number of likely N-dealkylation sites (tertiary alicyclic amines) is 1. The van der Waals surface area contributed by atoms with Gasteiger partial charge in [-0.2, -0.15) is 0 Å². The van der Waals surface area contributed by atoms with Gasteiger partial charge in [0.25, 0.3) is 0 Å². The zero-order valence-corrected chi connectivity index (χ0v) is 9.00. The predicted molar refractivity (Wildman–Crippen MR) is 56.8 cm³/mol. The Kier molecular flexibility index (Phi) is 3.51. The normalized spacial score (nSPS) is 21.6. The third-order valence-corrected chi connectivity index (χ3v) is 3.07. The van der Waals surface area contributed by atoms with Crippen molar-refractivity contribution in [3.8, 4) is 0 Å². The van der Waals surface area contributed by atoms with Crippen LogP contribution in [-0.4, -0.2) is 29.7 Å². The number of rotatable bonds is 3. The van der Waals surface area contributed by atoms with Crippen LogP contribution < -0.4 is 0 Å². The lowest BCUT2D eigenvalue weighted by Gasteiger charge is -2.16. The summed E-state index contributed by atoms with van der Waals surface area (Å²) in [4.78, 5) is 1.97. The Balaban J connectivity index is 2.04. The Morgan fingerprint density at radius 2 is 2.00 bits per heavy atom. The van der Waals surface area contributed by atoms with Gasteiger partial charge in [-0.15, -0.1) is 0 Å². The van der Waals surface area contributed by atoms with Gasteiger partial charge in [0.1, 0.15) is 11.6 Å². The molecule has 1 aromatic carbocycles. The smallest absolute Gasteiger partial charge is 0.130 e. The first-order valence-electron chi connectivity index (χ1n) is 5.47. The summed E-state index contributed by atoms with van der Waals surface area (Å²) in [6.07, 6.45) is 0.895. The molecule has 1 aliphatic heterocycles. The summed E-state index contributed by atoms with van der Waals surface area (Å²) in [5.74, 6) is -0.741. The molecule has 4 heteroatoms. The number of hydrogen-bond acceptors (Lipinski definition) is 2. The van der Waals surface area contributed by atoms with E-state index >= 15 is 0 Å². The molecule has 16 heavy (non-hydrogen) atoms. The van der Waals surface area contributed by atoms with Crippen LogP contribution in [0.5, 0.6) is 0 Å². The average molecular weight is 227 g/mol. The van der Waals surface area contributed by atoms with Crippen molar-refractivity contribution in [2.45, 2.75) is 13.0 Å². The Morgan fingerprint density at radius 3 is 2.56 bits per heavy atom. The minimum absolute atomic E-state index is 0.126. The second-order valence-electron chi connectivity index (χ2n) is 4.27. The standard InChI is InChI=1S/C12H15F2NO/c13-11-2-1-3-12(14)10(11)7-15-5-4-9(6-15)8-16/h1-3,9,16H,4-8H2. The molecular formula is C12H15F2NO. The Morgan fingerprint density at radius 1 is 1.31 bits per heavy atom. The van der Waals surface area contributed by atoms with Crippen molar-refractivity contribution in [3.63, 3.8) is 0 Å². The molecule has 0 spiro atoms. The van der Waals surface area contributed by atoms with Crippen LogP contribution in [0.1, 0.15) is 12.0 Å². The molecular weight excluding hydrogens is 212 g/mol. The molecule has 1 aliphatic rings. The van der Waals surface area contributed by atoms with E-state index < -0.39 is 11.6 Å². The molecule has 0 saturated carbocycles. The van der Waals surface area contributed by atoms with E-state index in [4.69, 9.17) is 5.11 Å². The summed E-state index contributed by atoms with van der Waals surface area (Å²) in [6.45, 7) is 1.94. The number of nitrogens with zero attached hydrogens (tertiary/aromatic N) is 1. The van der Waals surface area contributed by atoms with Gasteiger partial charge in [0.15, 0.2) is 0 Å². The number of aliphatic hydroxyl groups is 1. The lowest BCUT2D eigenvalue weighted by molar-refractivity contribution is 0.219. The predicted octanol–water partition coefficient (Wildman–Crippen LogP) is 1.78. The SMILES string of the molecule is OCC1CCN(Cc2c(F)cccc2F)C1. The minimum atomic E-state index is -0.493. The topological polar surface area (TPSA) is 23.5 Å². The van der Waals surface area contributed by atoms with Gasteiger partial charge in [-0.3, -0.25) is 4.90 Å².